The minimum Gasteiger partial charge on any atom is -0.319 e. The quantitative estimate of drug-likeness (QED) is 0.848. The Morgan fingerprint density at radius 3 is 2.52 bits per heavy atom. The number of benzene rings is 1. The molecule has 0 bridgehead atoms. The van der Waals surface area contributed by atoms with Crippen LogP contribution in [0.25, 0.3) is 0 Å². The summed E-state index contributed by atoms with van der Waals surface area (Å²) in [5.74, 6) is 0.135. The van der Waals surface area contributed by atoms with Crippen LogP contribution in [-0.4, -0.2) is 23.4 Å². The smallest absolute Gasteiger partial charge is 0.123 e. The van der Waals surface area contributed by atoms with Crippen molar-refractivity contribution in [2.75, 3.05) is 13.6 Å². The van der Waals surface area contributed by atoms with Gasteiger partial charge in [0.05, 0.1) is 5.69 Å². The van der Waals surface area contributed by atoms with Gasteiger partial charge in [-0.25, -0.2) is 4.39 Å². The Morgan fingerprint density at radius 2 is 1.95 bits per heavy atom. The van der Waals surface area contributed by atoms with E-state index in [1.54, 1.807) is 0 Å². The highest BCUT2D eigenvalue weighted by Gasteiger charge is 2.15. The Bertz CT molecular complexity index is 560. The van der Waals surface area contributed by atoms with Gasteiger partial charge in [0.25, 0.3) is 0 Å². The molecule has 2 rings (SSSR count). The maximum absolute atomic E-state index is 13.1. The summed E-state index contributed by atoms with van der Waals surface area (Å²) in [4.78, 5) is 0. The van der Waals surface area contributed by atoms with E-state index in [1.165, 1.54) is 17.8 Å². The fourth-order valence-electron chi connectivity index (χ4n) is 2.67. The van der Waals surface area contributed by atoms with Crippen LogP contribution >= 0.6 is 0 Å². The van der Waals surface area contributed by atoms with Crippen molar-refractivity contribution < 1.29 is 4.39 Å². The zero-order chi connectivity index (χ0) is 15.2. The lowest BCUT2D eigenvalue weighted by Crippen LogP contribution is -2.20. The summed E-state index contributed by atoms with van der Waals surface area (Å²) in [6.45, 7) is 5.98. The highest BCUT2D eigenvalue weighted by Crippen LogP contribution is 2.21. The van der Waals surface area contributed by atoms with Crippen molar-refractivity contribution in [2.45, 2.75) is 39.2 Å². The summed E-state index contributed by atoms with van der Waals surface area (Å²) < 4.78 is 15.2. The first kappa shape index (κ1) is 15.7. The lowest BCUT2D eigenvalue weighted by atomic mass is 9.94. The number of nitrogens with one attached hydrogen (secondary N) is 1. The van der Waals surface area contributed by atoms with Crippen LogP contribution in [0.4, 0.5) is 4.39 Å². The molecule has 1 unspecified atom stereocenters. The maximum atomic E-state index is 13.1. The number of likely N-dealkylation sites (N-methyl/N-ethyl adjacent to an activating group) is 1. The van der Waals surface area contributed by atoms with Crippen LogP contribution in [0.5, 0.6) is 0 Å². The summed E-state index contributed by atoms with van der Waals surface area (Å²) in [6, 6.07) is 9.02. The lowest BCUT2D eigenvalue weighted by Gasteiger charge is -2.17. The summed E-state index contributed by atoms with van der Waals surface area (Å²) in [5, 5.41) is 7.84. The number of halogens is 1. The predicted octanol–water partition coefficient (Wildman–Crippen LogP) is 3.15. The Hall–Kier alpha value is -1.68. The molecule has 4 heteroatoms. The van der Waals surface area contributed by atoms with Crippen molar-refractivity contribution >= 4 is 0 Å². The molecule has 0 saturated heterocycles. The van der Waals surface area contributed by atoms with E-state index in [4.69, 9.17) is 0 Å². The van der Waals surface area contributed by atoms with Crippen LogP contribution in [0.2, 0.25) is 0 Å². The second kappa shape index (κ2) is 7.36. The average molecular weight is 289 g/mol. The van der Waals surface area contributed by atoms with Crippen LogP contribution in [0, 0.1) is 5.82 Å². The van der Waals surface area contributed by atoms with Crippen molar-refractivity contribution in [3.8, 4) is 0 Å². The molecule has 0 aliphatic heterocycles. The van der Waals surface area contributed by atoms with E-state index in [0.29, 0.717) is 5.92 Å². The van der Waals surface area contributed by atoms with Crippen LogP contribution in [0.15, 0.2) is 30.3 Å². The van der Waals surface area contributed by atoms with E-state index < -0.39 is 0 Å². The molecular weight excluding hydrogens is 265 g/mol. The highest BCUT2D eigenvalue weighted by molar-refractivity contribution is 5.24. The maximum Gasteiger partial charge on any atom is 0.123 e. The molecule has 2 aromatic rings. The second-order valence-electron chi connectivity index (χ2n) is 5.31. The number of nitrogens with zero attached hydrogens (tertiary/aromatic N) is 2. The van der Waals surface area contributed by atoms with Crippen molar-refractivity contribution in [3.63, 3.8) is 0 Å². The first-order chi connectivity index (χ1) is 10.2. The van der Waals surface area contributed by atoms with Crippen LogP contribution in [0.1, 0.15) is 36.7 Å². The minimum absolute atomic E-state index is 0.186. The molecule has 0 radical (unpaired) electrons. The third-order valence-electron chi connectivity index (χ3n) is 3.82. The van der Waals surface area contributed by atoms with Crippen molar-refractivity contribution in [2.24, 2.45) is 0 Å². The zero-order valence-electron chi connectivity index (χ0n) is 13.1. The van der Waals surface area contributed by atoms with E-state index in [2.05, 4.69) is 35.0 Å². The Kier molecular flexibility index (Phi) is 5.51. The van der Waals surface area contributed by atoms with Gasteiger partial charge in [0, 0.05) is 24.7 Å². The fraction of sp³-hybridized carbons (Fsp3) is 0.471. The monoisotopic (exact) mass is 289 g/mol. The predicted molar refractivity (Wildman–Crippen MR) is 84.1 cm³/mol. The Morgan fingerprint density at radius 1 is 1.24 bits per heavy atom. The topological polar surface area (TPSA) is 29.9 Å². The summed E-state index contributed by atoms with van der Waals surface area (Å²) >= 11 is 0. The van der Waals surface area contributed by atoms with E-state index >= 15 is 0 Å². The largest absolute Gasteiger partial charge is 0.319 e. The number of hydrogen-bond acceptors (Lipinski definition) is 2. The van der Waals surface area contributed by atoms with Gasteiger partial charge in [-0.2, -0.15) is 5.10 Å². The second-order valence-corrected chi connectivity index (χ2v) is 5.31. The first-order valence-electron chi connectivity index (χ1n) is 7.63. The normalized spacial score (nSPS) is 12.6. The summed E-state index contributed by atoms with van der Waals surface area (Å²) in [5.41, 5.74) is 3.54. The standard InChI is InChI=1S/C17H24FN3/c1-4-16-11-17(21(5-2)20-16)10-14(12-19-3)13-6-8-15(18)9-7-13/h6-9,11,14,19H,4-5,10,12H2,1-3H3. The third-order valence-corrected chi connectivity index (χ3v) is 3.82. The summed E-state index contributed by atoms with van der Waals surface area (Å²) in [6.07, 6.45) is 1.86. The molecule has 1 heterocycles. The molecule has 0 aliphatic rings. The first-order valence-corrected chi connectivity index (χ1v) is 7.63. The molecule has 0 saturated carbocycles. The zero-order valence-corrected chi connectivity index (χ0v) is 13.1. The van der Waals surface area contributed by atoms with E-state index in [0.717, 1.165) is 37.2 Å². The Balaban J connectivity index is 2.23. The number of hydrogen-bond donors (Lipinski definition) is 1. The number of aryl methyl sites for hydroxylation is 2. The average Bonchev–Trinajstić information content (AvgIpc) is 2.90. The van der Waals surface area contributed by atoms with Crippen LogP contribution in [-0.2, 0) is 19.4 Å². The molecule has 0 fully saturated rings. The van der Waals surface area contributed by atoms with E-state index in [-0.39, 0.29) is 5.82 Å². The van der Waals surface area contributed by atoms with Gasteiger partial charge >= 0.3 is 0 Å². The molecule has 0 spiro atoms. The van der Waals surface area contributed by atoms with Gasteiger partial charge in [-0.3, -0.25) is 4.68 Å². The van der Waals surface area contributed by atoms with Gasteiger partial charge in [0.15, 0.2) is 0 Å². The number of rotatable bonds is 7. The fourth-order valence-corrected chi connectivity index (χ4v) is 2.67. The Labute approximate surface area is 126 Å². The molecule has 3 nitrogen and oxygen atoms in total. The lowest BCUT2D eigenvalue weighted by molar-refractivity contribution is 0.560. The minimum atomic E-state index is -0.186. The van der Waals surface area contributed by atoms with Gasteiger partial charge in [0.1, 0.15) is 5.82 Å². The molecule has 114 valence electrons. The molecular formula is C17H24FN3. The molecule has 21 heavy (non-hydrogen) atoms. The molecule has 0 amide bonds. The van der Waals surface area contributed by atoms with E-state index in [1.807, 2.05) is 19.2 Å². The number of aromatic nitrogens is 2. The van der Waals surface area contributed by atoms with E-state index in [9.17, 15) is 4.39 Å². The van der Waals surface area contributed by atoms with Crippen molar-refractivity contribution in [1.29, 1.82) is 0 Å². The van der Waals surface area contributed by atoms with Crippen molar-refractivity contribution in [1.82, 2.24) is 15.1 Å². The highest BCUT2D eigenvalue weighted by atomic mass is 19.1. The molecule has 1 aromatic carbocycles. The molecule has 1 N–H and O–H groups in total. The van der Waals surface area contributed by atoms with Gasteiger partial charge in [-0.1, -0.05) is 19.1 Å². The SMILES string of the molecule is CCc1cc(CC(CNC)c2ccc(F)cc2)n(CC)n1. The van der Waals surface area contributed by atoms with Gasteiger partial charge in [-0.15, -0.1) is 0 Å². The molecule has 1 atom stereocenters. The van der Waals surface area contributed by atoms with Gasteiger partial charge < -0.3 is 5.32 Å². The molecule has 0 aliphatic carbocycles. The van der Waals surface area contributed by atoms with Gasteiger partial charge in [-0.05, 0) is 50.6 Å². The molecule has 1 aromatic heterocycles. The van der Waals surface area contributed by atoms with Crippen LogP contribution < -0.4 is 5.32 Å². The van der Waals surface area contributed by atoms with Gasteiger partial charge in [0.2, 0.25) is 0 Å². The summed E-state index contributed by atoms with van der Waals surface area (Å²) in [7, 11) is 1.95. The third kappa shape index (κ3) is 3.91. The van der Waals surface area contributed by atoms with Crippen molar-refractivity contribution in [3.05, 3.63) is 53.1 Å². The van der Waals surface area contributed by atoms with Crippen LogP contribution in [0.3, 0.4) is 0 Å².